The summed E-state index contributed by atoms with van der Waals surface area (Å²) >= 11 is 0. The van der Waals surface area contributed by atoms with Gasteiger partial charge in [-0.2, -0.15) is 5.01 Å². The van der Waals surface area contributed by atoms with Crippen molar-refractivity contribution in [3.63, 3.8) is 0 Å². The first kappa shape index (κ1) is 24.2. The number of nitrogens with one attached hydrogen (secondary N) is 1. The zero-order valence-corrected chi connectivity index (χ0v) is 18.1. The zero-order valence-electron chi connectivity index (χ0n) is 18.1. The first-order valence-electron chi connectivity index (χ1n) is 9.18. The smallest absolute Gasteiger partial charge is 0.434 e. The van der Waals surface area contributed by atoms with Crippen LogP contribution in [0.3, 0.4) is 0 Å². The Morgan fingerprint density at radius 3 is 2.10 bits per heavy atom. The molecule has 0 fully saturated rings. The number of amides is 2. The van der Waals surface area contributed by atoms with Gasteiger partial charge >= 0.3 is 12.2 Å². The Hall–Kier alpha value is -2.81. The molecule has 1 aromatic carbocycles. The van der Waals surface area contributed by atoms with Crippen molar-refractivity contribution in [2.75, 3.05) is 25.3 Å². The number of benzene rings is 1. The highest BCUT2D eigenvalue weighted by Gasteiger charge is 2.27. The molecule has 0 heterocycles. The molecule has 0 aliphatic rings. The van der Waals surface area contributed by atoms with Crippen LogP contribution < -0.4 is 10.4 Å². The summed E-state index contributed by atoms with van der Waals surface area (Å²) in [5.41, 5.74) is 2.10. The second kappa shape index (κ2) is 10.7. The molecule has 162 valence electrons. The van der Waals surface area contributed by atoms with Crippen LogP contribution in [0.4, 0.5) is 15.3 Å². The normalized spacial score (nSPS) is 11.8. The number of rotatable bonds is 6. The Kier molecular flexibility index (Phi) is 8.90. The second-order valence-corrected chi connectivity index (χ2v) is 8.08. The Balaban J connectivity index is 2.94. The third-order valence-electron chi connectivity index (χ3n) is 2.98. The average molecular weight is 409 g/mol. The second-order valence-electron chi connectivity index (χ2n) is 8.08. The number of nitrogens with zero attached hydrogens (tertiary/aromatic N) is 2. The maximum absolute atomic E-state index is 12.6. The van der Waals surface area contributed by atoms with E-state index in [0.29, 0.717) is 18.9 Å². The molecule has 0 spiro atoms. The van der Waals surface area contributed by atoms with Crippen LogP contribution in [0.25, 0.3) is 0 Å². The van der Waals surface area contributed by atoms with Crippen molar-refractivity contribution in [2.24, 2.45) is 5.16 Å². The highest BCUT2D eigenvalue weighted by molar-refractivity contribution is 5.91. The molecule has 0 aromatic heterocycles. The lowest BCUT2D eigenvalue weighted by atomic mass is 10.2. The van der Waals surface area contributed by atoms with E-state index in [0.717, 1.165) is 10.6 Å². The molecule has 0 radical (unpaired) electrons. The van der Waals surface area contributed by atoms with Gasteiger partial charge in [-0.15, -0.1) is 0 Å². The number of carbonyl (C=O) groups is 2. The van der Waals surface area contributed by atoms with E-state index in [1.165, 1.54) is 6.21 Å². The predicted octanol–water partition coefficient (Wildman–Crippen LogP) is 3.86. The van der Waals surface area contributed by atoms with Gasteiger partial charge in [0.2, 0.25) is 0 Å². The summed E-state index contributed by atoms with van der Waals surface area (Å²) in [7, 11) is 1.58. The van der Waals surface area contributed by atoms with Crippen LogP contribution in [0.5, 0.6) is 0 Å². The van der Waals surface area contributed by atoms with E-state index < -0.39 is 23.4 Å². The number of anilines is 1. The molecule has 0 aliphatic heterocycles. The van der Waals surface area contributed by atoms with Crippen molar-refractivity contribution >= 4 is 24.1 Å². The molecule has 1 rings (SSSR count). The van der Waals surface area contributed by atoms with Gasteiger partial charge in [-0.3, -0.25) is 0 Å². The Morgan fingerprint density at radius 1 is 1.00 bits per heavy atom. The summed E-state index contributed by atoms with van der Waals surface area (Å²) < 4.78 is 15.5. The van der Waals surface area contributed by atoms with Gasteiger partial charge in [0.15, 0.2) is 0 Å². The van der Waals surface area contributed by atoms with E-state index in [9.17, 15) is 9.59 Å². The topological polar surface area (TPSA) is 98.7 Å². The molecule has 1 aromatic rings. The number of oxime groups is 1. The third kappa shape index (κ3) is 10.3. The Labute approximate surface area is 171 Å². The lowest BCUT2D eigenvalue weighted by Gasteiger charge is -2.28. The van der Waals surface area contributed by atoms with Gasteiger partial charge in [0.05, 0.1) is 18.5 Å². The first-order chi connectivity index (χ1) is 13.4. The van der Waals surface area contributed by atoms with Crippen molar-refractivity contribution in [3.05, 3.63) is 29.8 Å². The van der Waals surface area contributed by atoms with Gasteiger partial charge in [0.1, 0.15) is 17.8 Å². The van der Waals surface area contributed by atoms with Gasteiger partial charge < -0.3 is 19.0 Å². The molecular formula is C20H31N3O6. The molecule has 0 atom stereocenters. The monoisotopic (exact) mass is 409 g/mol. The van der Waals surface area contributed by atoms with E-state index in [4.69, 9.17) is 19.0 Å². The van der Waals surface area contributed by atoms with E-state index in [1.807, 2.05) is 0 Å². The number of hydrogen-bond acceptors (Lipinski definition) is 7. The van der Waals surface area contributed by atoms with Gasteiger partial charge in [0.25, 0.3) is 0 Å². The minimum atomic E-state index is -0.777. The third-order valence-corrected chi connectivity index (χ3v) is 2.98. The fraction of sp³-hybridized carbons (Fsp3) is 0.550. The predicted molar refractivity (Wildman–Crippen MR) is 110 cm³/mol. The quantitative estimate of drug-likeness (QED) is 0.435. The Bertz CT molecular complexity index is 690. The summed E-state index contributed by atoms with van der Waals surface area (Å²) in [4.78, 5) is 29.8. The number of methoxy groups -OCH3 is 1. The van der Waals surface area contributed by atoms with E-state index in [2.05, 4.69) is 10.6 Å². The standard InChI is InChI=1S/C20H31N3O6/c1-19(2,3)28-17(24)22-23(18(25)29-20(4,5)6)16-10-8-15(9-11-16)14-21-27-13-12-26-7/h8-11,14H,12-13H2,1-7H3,(H,22,24). The van der Waals surface area contributed by atoms with Crippen LogP contribution in [0.15, 0.2) is 29.4 Å². The molecule has 9 nitrogen and oxygen atoms in total. The van der Waals surface area contributed by atoms with Crippen LogP contribution in [0.2, 0.25) is 0 Å². The summed E-state index contributed by atoms with van der Waals surface area (Å²) in [6, 6.07) is 6.70. The van der Waals surface area contributed by atoms with Crippen LogP contribution in [-0.2, 0) is 19.0 Å². The molecule has 0 unspecified atom stereocenters. The fourth-order valence-electron chi connectivity index (χ4n) is 1.90. The highest BCUT2D eigenvalue weighted by atomic mass is 16.6. The van der Waals surface area contributed by atoms with E-state index in [-0.39, 0.29) is 0 Å². The van der Waals surface area contributed by atoms with Gasteiger partial charge in [-0.25, -0.2) is 15.0 Å². The molecule has 0 saturated heterocycles. The number of hydrogen-bond donors (Lipinski definition) is 1. The zero-order chi connectivity index (χ0) is 22.1. The molecule has 0 aliphatic carbocycles. The molecule has 1 N–H and O–H groups in total. The molecule has 0 saturated carbocycles. The number of carbonyl (C=O) groups excluding carboxylic acids is 2. The maximum atomic E-state index is 12.6. The summed E-state index contributed by atoms with van der Waals surface area (Å²) in [6.07, 6.45) is 0.00617. The van der Waals surface area contributed by atoms with Crippen LogP contribution >= 0.6 is 0 Å². The lowest BCUT2D eigenvalue weighted by Crippen LogP contribution is -2.50. The highest BCUT2D eigenvalue weighted by Crippen LogP contribution is 2.18. The van der Waals surface area contributed by atoms with Gasteiger partial charge in [0, 0.05) is 7.11 Å². The molecular weight excluding hydrogens is 378 g/mol. The molecule has 2 amide bonds. The number of hydrazine groups is 1. The largest absolute Gasteiger partial charge is 0.443 e. The van der Waals surface area contributed by atoms with E-state index in [1.54, 1.807) is 72.9 Å². The molecule has 9 heteroatoms. The van der Waals surface area contributed by atoms with Crippen molar-refractivity contribution in [1.82, 2.24) is 5.43 Å². The summed E-state index contributed by atoms with van der Waals surface area (Å²) in [6.45, 7) is 11.2. The van der Waals surface area contributed by atoms with Crippen LogP contribution in [0.1, 0.15) is 47.1 Å². The first-order valence-corrected chi connectivity index (χ1v) is 9.18. The minimum absolute atomic E-state index is 0.345. The van der Waals surface area contributed by atoms with Gasteiger partial charge in [-0.05, 0) is 59.2 Å². The minimum Gasteiger partial charge on any atom is -0.443 e. The molecule has 29 heavy (non-hydrogen) atoms. The SMILES string of the molecule is COCCON=Cc1ccc(N(NC(=O)OC(C)(C)C)C(=O)OC(C)(C)C)cc1. The summed E-state index contributed by atoms with van der Waals surface area (Å²) in [5.74, 6) is 0. The summed E-state index contributed by atoms with van der Waals surface area (Å²) in [5, 5.41) is 4.82. The molecule has 0 bridgehead atoms. The lowest BCUT2D eigenvalue weighted by molar-refractivity contribution is 0.0425. The van der Waals surface area contributed by atoms with Crippen molar-refractivity contribution < 1.29 is 28.6 Å². The maximum Gasteiger partial charge on any atom is 0.434 e. The van der Waals surface area contributed by atoms with Crippen LogP contribution in [-0.4, -0.2) is 49.9 Å². The van der Waals surface area contributed by atoms with Crippen molar-refractivity contribution in [2.45, 2.75) is 52.7 Å². The van der Waals surface area contributed by atoms with E-state index >= 15 is 0 Å². The fourth-order valence-corrected chi connectivity index (χ4v) is 1.90. The number of ether oxygens (including phenoxy) is 3. The van der Waals surface area contributed by atoms with Crippen molar-refractivity contribution in [3.8, 4) is 0 Å². The van der Waals surface area contributed by atoms with Crippen LogP contribution in [0, 0.1) is 0 Å². The van der Waals surface area contributed by atoms with Crippen molar-refractivity contribution in [1.29, 1.82) is 0 Å². The average Bonchev–Trinajstić information content (AvgIpc) is 2.57. The Morgan fingerprint density at radius 2 is 1.59 bits per heavy atom. The van der Waals surface area contributed by atoms with Gasteiger partial charge in [-0.1, -0.05) is 17.3 Å².